The lowest BCUT2D eigenvalue weighted by Crippen LogP contribution is -2.51. The molecule has 2 atom stereocenters. The van der Waals surface area contributed by atoms with Crippen LogP contribution in [0, 0.1) is 0 Å². The lowest BCUT2D eigenvalue weighted by Gasteiger charge is -2.36. The smallest absolute Gasteiger partial charge is 0.126 e. The van der Waals surface area contributed by atoms with E-state index < -0.39 is 0 Å². The number of nitrogen functional groups attached to an aromatic ring is 1. The van der Waals surface area contributed by atoms with E-state index >= 15 is 0 Å². The first kappa shape index (κ1) is 15.9. The van der Waals surface area contributed by atoms with Crippen molar-refractivity contribution < 1.29 is 4.74 Å². The molecule has 2 unspecified atom stereocenters. The zero-order chi connectivity index (χ0) is 14.3. The molecule has 0 aliphatic rings. The highest BCUT2D eigenvalue weighted by Gasteiger charge is 2.32. The topological polar surface area (TPSA) is 60.2 Å². The summed E-state index contributed by atoms with van der Waals surface area (Å²) in [6, 6.07) is 4.20. The second-order valence-electron chi connectivity index (χ2n) is 5.13. The first-order valence-corrected chi connectivity index (χ1v) is 7.05. The molecule has 0 fully saturated rings. The quantitative estimate of drug-likeness (QED) is 0.757. The summed E-state index contributed by atoms with van der Waals surface area (Å²) in [6.45, 7) is 7.44. The third kappa shape index (κ3) is 4.18. The average molecular weight is 265 g/mol. The minimum Gasteiger partial charge on any atom is -0.383 e. The molecule has 4 heteroatoms. The highest BCUT2D eigenvalue weighted by Crippen LogP contribution is 2.23. The van der Waals surface area contributed by atoms with Gasteiger partial charge in [-0.2, -0.15) is 0 Å². The van der Waals surface area contributed by atoms with E-state index in [2.05, 4.69) is 31.1 Å². The first-order chi connectivity index (χ1) is 9.07. The summed E-state index contributed by atoms with van der Waals surface area (Å²) in [5.74, 6) is 0.611. The van der Waals surface area contributed by atoms with Crippen LogP contribution in [0.2, 0.25) is 0 Å². The number of methoxy groups -OCH3 is 1. The Balaban J connectivity index is 2.88. The van der Waals surface area contributed by atoms with Crippen LogP contribution >= 0.6 is 0 Å². The van der Waals surface area contributed by atoms with Gasteiger partial charge in [0.2, 0.25) is 0 Å². The Labute approximate surface area is 116 Å². The molecule has 0 saturated heterocycles. The van der Waals surface area contributed by atoms with Crippen LogP contribution < -0.4 is 11.1 Å². The van der Waals surface area contributed by atoms with Crippen molar-refractivity contribution in [1.29, 1.82) is 0 Å². The number of pyridine rings is 1. The fraction of sp³-hybridized carbons (Fsp3) is 0.667. The van der Waals surface area contributed by atoms with Gasteiger partial charge in [-0.05, 0) is 44.4 Å². The van der Waals surface area contributed by atoms with Crippen LogP contribution in [-0.2, 0) is 11.2 Å². The maximum absolute atomic E-state index is 5.94. The van der Waals surface area contributed by atoms with Gasteiger partial charge in [0, 0.05) is 19.3 Å². The molecule has 0 radical (unpaired) electrons. The summed E-state index contributed by atoms with van der Waals surface area (Å²) in [7, 11) is 1.77. The van der Waals surface area contributed by atoms with Crippen molar-refractivity contribution in [3.05, 3.63) is 23.9 Å². The predicted molar refractivity (Wildman–Crippen MR) is 80.1 cm³/mol. The SMILES string of the molecule is CCCNC(Cc1cccnc1N)C(C)(CC)OC. The molecule has 0 spiro atoms. The van der Waals surface area contributed by atoms with Gasteiger partial charge in [0.25, 0.3) is 0 Å². The first-order valence-electron chi connectivity index (χ1n) is 7.05. The molecule has 3 N–H and O–H groups in total. The van der Waals surface area contributed by atoms with Crippen LogP contribution in [0.25, 0.3) is 0 Å². The molecule has 1 aromatic rings. The molecule has 108 valence electrons. The highest BCUT2D eigenvalue weighted by molar-refractivity contribution is 5.39. The number of hydrogen-bond acceptors (Lipinski definition) is 4. The number of nitrogens with two attached hydrogens (primary N) is 1. The summed E-state index contributed by atoms with van der Waals surface area (Å²) >= 11 is 0. The Kier molecular flexibility index (Phi) is 6.25. The molecule has 1 rings (SSSR count). The minimum atomic E-state index is -0.197. The fourth-order valence-electron chi connectivity index (χ4n) is 2.20. The standard InChI is InChI=1S/C15H27N3O/c1-5-9-17-13(15(3,6-2)19-4)11-12-8-7-10-18-14(12)16/h7-8,10,13,17H,5-6,9,11H2,1-4H3,(H2,16,18). The molecule has 0 amide bonds. The lowest BCUT2D eigenvalue weighted by atomic mass is 9.88. The summed E-state index contributed by atoms with van der Waals surface area (Å²) in [4.78, 5) is 4.16. The Morgan fingerprint density at radius 2 is 2.21 bits per heavy atom. The van der Waals surface area contributed by atoms with E-state index in [4.69, 9.17) is 10.5 Å². The summed E-state index contributed by atoms with van der Waals surface area (Å²) < 4.78 is 5.73. The van der Waals surface area contributed by atoms with E-state index in [-0.39, 0.29) is 11.6 Å². The third-order valence-electron chi connectivity index (χ3n) is 3.90. The van der Waals surface area contributed by atoms with Crippen LogP contribution in [0.5, 0.6) is 0 Å². The van der Waals surface area contributed by atoms with Gasteiger partial charge in [-0.25, -0.2) is 4.98 Å². The van der Waals surface area contributed by atoms with Gasteiger partial charge in [-0.3, -0.25) is 0 Å². The number of aromatic nitrogens is 1. The van der Waals surface area contributed by atoms with Gasteiger partial charge >= 0.3 is 0 Å². The molecule has 19 heavy (non-hydrogen) atoms. The Bertz CT molecular complexity index is 377. The van der Waals surface area contributed by atoms with Crippen molar-refractivity contribution in [3.63, 3.8) is 0 Å². The largest absolute Gasteiger partial charge is 0.383 e. The fourth-order valence-corrected chi connectivity index (χ4v) is 2.20. The van der Waals surface area contributed by atoms with Gasteiger partial charge in [0.1, 0.15) is 5.82 Å². The van der Waals surface area contributed by atoms with Crippen LogP contribution in [0.4, 0.5) is 5.82 Å². The number of anilines is 1. The van der Waals surface area contributed by atoms with Crippen molar-refractivity contribution >= 4 is 5.82 Å². The second kappa shape index (κ2) is 7.46. The minimum absolute atomic E-state index is 0.197. The molecular weight excluding hydrogens is 238 g/mol. The molecule has 0 aromatic carbocycles. The lowest BCUT2D eigenvalue weighted by molar-refractivity contribution is -0.0286. The number of nitrogens with one attached hydrogen (secondary N) is 1. The van der Waals surface area contributed by atoms with Gasteiger partial charge in [-0.1, -0.05) is 19.9 Å². The zero-order valence-electron chi connectivity index (χ0n) is 12.6. The number of hydrogen-bond donors (Lipinski definition) is 2. The van der Waals surface area contributed by atoms with Gasteiger partial charge in [0.05, 0.1) is 5.60 Å². The average Bonchev–Trinajstić information content (AvgIpc) is 2.44. The molecule has 0 aliphatic carbocycles. The molecule has 4 nitrogen and oxygen atoms in total. The van der Waals surface area contributed by atoms with Gasteiger partial charge in [0.15, 0.2) is 0 Å². The summed E-state index contributed by atoms with van der Waals surface area (Å²) in [5.41, 5.74) is 6.82. The Hall–Kier alpha value is -1.13. The number of nitrogens with zero attached hydrogens (tertiary/aromatic N) is 1. The van der Waals surface area contributed by atoms with Crippen molar-refractivity contribution in [2.45, 2.75) is 51.7 Å². The molecule has 1 heterocycles. The monoisotopic (exact) mass is 265 g/mol. The number of rotatable bonds is 8. The Morgan fingerprint density at radius 1 is 1.47 bits per heavy atom. The van der Waals surface area contributed by atoms with Crippen LogP contribution in [0.15, 0.2) is 18.3 Å². The normalized spacial score (nSPS) is 16.0. The van der Waals surface area contributed by atoms with E-state index in [0.29, 0.717) is 5.82 Å². The van der Waals surface area contributed by atoms with Crippen LogP contribution in [-0.4, -0.2) is 30.3 Å². The van der Waals surface area contributed by atoms with Crippen LogP contribution in [0.3, 0.4) is 0 Å². The second-order valence-corrected chi connectivity index (χ2v) is 5.13. The maximum atomic E-state index is 5.94. The molecular formula is C15H27N3O. The summed E-state index contributed by atoms with van der Waals surface area (Å²) in [5, 5.41) is 3.58. The predicted octanol–water partition coefficient (Wildman–Crippen LogP) is 2.39. The summed E-state index contributed by atoms with van der Waals surface area (Å²) in [6.07, 6.45) is 4.61. The van der Waals surface area contributed by atoms with Crippen molar-refractivity contribution in [2.24, 2.45) is 0 Å². The Morgan fingerprint density at radius 3 is 2.74 bits per heavy atom. The van der Waals surface area contributed by atoms with Crippen molar-refractivity contribution in [2.75, 3.05) is 19.4 Å². The van der Waals surface area contributed by atoms with E-state index in [0.717, 1.165) is 31.4 Å². The maximum Gasteiger partial charge on any atom is 0.126 e. The highest BCUT2D eigenvalue weighted by atomic mass is 16.5. The van der Waals surface area contributed by atoms with Crippen molar-refractivity contribution in [1.82, 2.24) is 10.3 Å². The zero-order valence-corrected chi connectivity index (χ0v) is 12.6. The van der Waals surface area contributed by atoms with E-state index in [9.17, 15) is 0 Å². The van der Waals surface area contributed by atoms with E-state index in [1.165, 1.54) is 0 Å². The van der Waals surface area contributed by atoms with E-state index in [1.807, 2.05) is 12.1 Å². The molecule has 0 bridgehead atoms. The van der Waals surface area contributed by atoms with E-state index in [1.54, 1.807) is 13.3 Å². The number of ether oxygens (including phenoxy) is 1. The third-order valence-corrected chi connectivity index (χ3v) is 3.90. The van der Waals surface area contributed by atoms with Crippen LogP contribution in [0.1, 0.15) is 39.2 Å². The van der Waals surface area contributed by atoms with Gasteiger partial charge < -0.3 is 15.8 Å². The van der Waals surface area contributed by atoms with Crippen molar-refractivity contribution in [3.8, 4) is 0 Å². The van der Waals surface area contributed by atoms with Gasteiger partial charge in [-0.15, -0.1) is 0 Å². The molecule has 0 saturated carbocycles. The molecule has 1 aromatic heterocycles. The molecule has 0 aliphatic heterocycles.